The van der Waals surface area contributed by atoms with Crippen LogP contribution in [0.1, 0.15) is 12.0 Å². The molecule has 1 aromatic rings. The largest absolute Gasteiger partial charge is 0.493 e. The molecule has 1 aliphatic heterocycles. The number of hydrazone groups is 1. The van der Waals surface area contributed by atoms with Crippen molar-refractivity contribution in [3.05, 3.63) is 48.6 Å². The van der Waals surface area contributed by atoms with Gasteiger partial charge in [-0.3, -0.25) is 9.59 Å². The first-order valence-corrected chi connectivity index (χ1v) is 8.66. The summed E-state index contributed by atoms with van der Waals surface area (Å²) in [5.41, 5.74) is 0.630. The van der Waals surface area contributed by atoms with Gasteiger partial charge in [0, 0.05) is 5.56 Å². The number of imide groups is 1. The van der Waals surface area contributed by atoms with Gasteiger partial charge in [0.2, 0.25) is 0 Å². The third kappa shape index (κ3) is 2.44. The third-order valence-electron chi connectivity index (χ3n) is 5.33. The molecule has 1 saturated carbocycles. The summed E-state index contributed by atoms with van der Waals surface area (Å²) in [5, 5.41) is 5.22. The van der Waals surface area contributed by atoms with Crippen LogP contribution in [0.25, 0.3) is 0 Å². The molecule has 4 rings (SSSR count). The second-order valence-electron chi connectivity index (χ2n) is 6.71. The summed E-state index contributed by atoms with van der Waals surface area (Å²) in [6.07, 6.45) is 8.14. The Balaban J connectivity index is 1.60. The van der Waals surface area contributed by atoms with Crippen LogP contribution in [0.15, 0.2) is 48.1 Å². The van der Waals surface area contributed by atoms with Gasteiger partial charge in [-0.1, -0.05) is 30.9 Å². The monoisotopic (exact) mass is 352 g/mol. The van der Waals surface area contributed by atoms with Gasteiger partial charge in [-0.2, -0.15) is 10.1 Å². The van der Waals surface area contributed by atoms with Gasteiger partial charge in [0.25, 0.3) is 11.8 Å². The predicted molar refractivity (Wildman–Crippen MR) is 95.9 cm³/mol. The predicted octanol–water partition coefficient (Wildman–Crippen LogP) is 2.40. The topological polar surface area (TPSA) is 68.2 Å². The van der Waals surface area contributed by atoms with Crippen LogP contribution in [-0.4, -0.2) is 36.8 Å². The number of benzene rings is 1. The number of fused-ring (bicyclic) bond motifs is 5. The third-order valence-corrected chi connectivity index (χ3v) is 5.33. The molecule has 4 atom stereocenters. The molecule has 0 unspecified atom stereocenters. The van der Waals surface area contributed by atoms with Crippen molar-refractivity contribution in [2.75, 3.05) is 13.7 Å². The lowest BCUT2D eigenvalue weighted by Gasteiger charge is -2.13. The van der Waals surface area contributed by atoms with Crippen LogP contribution in [0.3, 0.4) is 0 Å². The molecule has 0 aromatic heterocycles. The van der Waals surface area contributed by atoms with Gasteiger partial charge in [-0.25, -0.2) is 0 Å². The Kier molecular flexibility index (Phi) is 4.11. The van der Waals surface area contributed by atoms with Crippen LogP contribution < -0.4 is 9.47 Å². The summed E-state index contributed by atoms with van der Waals surface area (Å²) in [5.74, 6) is 0.477. The summed E-state index contributed by atoms with van der Waals surface area (Å²) in [6.45, 7) is 3.95. The van der Waals surface area contributed by atoms with E-state index in [9.17, 15) is 9.59 Å². The molecule has 0 spiro atoms. The fourth-order valence-corrected chi connectivity index (χ4v) is 4.21. The van der Waals surface area contributed by atoms with Crippen LogP contribution in [0.2, 0.25) is 0 Å². The Bertz CT molecular complexity index is 799. The zero-order valence-electron chi connectivity index (χ0n) is 14.5. The number of methoxy groups -OCH3 is 1. The Hall–Kier alpha value is -2.89. The zero-order chi connectivity index (χ0) is 18.3. The van der Waals surface area contributed by atoms with Crippen LogP contribution in [0, 0.1) is 23.7 Å². The van der Waals surface area contributed by atoms with Crippen LogP contribution in [-0.2, 0) is 9.59 Å². The molecule has 1 heterocycles. The van der Waals surface area contributed by atoms with Gasteiger partial charge in [0.05, 0.1) is 25.2 Å². The summed E-state index contributed by atoms with van der Waals surface area (Å²) in [7, 11) is 1.55. The van der Waals surface area contributed by atoms with Crippen molar-refractivity contribution in [1.29, 1.82) is 0 Å². The summed E-state index contributed by atoms with van der Waals surface area (Å²) in [6, 6.07) is 5.37. The lowest BCUT2D eigenvalue weighted by Crippen LogP contribution is -2.28. The molecule has 3 aliphatic rings. The second kappa shape index (κ2) is 6.44. The lowest BCUT2D eigenvalue weighted by atomic mass is 9.85. The molecule has 6 nitrogen and oxygen atoms in total. The molecule has 134 valence electrons. The van der Waals surface area contributed by atoms with E-state index in [4.69, 9.17) is 9.47 Å². The van der Waals surface area contributed by atoms with E-state index in [0.29, 0.717) is 23.7 Å². The van der Waals surface area contributed by atoms with Crippen LogP contribution in [0.4, 0.5) is 0 Å². The molecule has 1 saturated heterocycles. The molecule has 2 amide bonds. The number of hydrogen-bond acceptors (Lipinski definition) is 5. The summed E-state index contributed by atoms with van der Waals surface area (Å²) >= 11 is 0. The minimum atomic E-state index is -0.253. The SMILES string of the molecule is C=CCOc1c(C=NN2C(=O)[C@@H]3[C@H](C2=O)[C@H]2C=C[C@H]3C2)cccc1OC. The molecule has 0 N–H and O–H groups in total. The summed E-state index contributed by atoms with van der Waals surface area (Å²) in [4.78, 5) is 25.4. The smallest absolute Gasteiger partial charge is 0.254 e. The van der Waals surface area contributed by atoms with E-state index < -0.39 is 0 Å². The number of ether oxygens (including phenoxy) is 2. The van der Waals surface area contributed by atoms with Gasteiger partial charge in [-0.15, -0.1) is 0 Å². The first-order valence-electron chi connectivity index (χ1n) is 8.66. The van der Waals surface area contributed by atoms with Crippen LogP contribution in [0.5, 0.6) is 11.5 Å². The molecular formula is C20H20N2O4. The molecule has 6 heteroatoms. The molecule has 0 radical (unpaired) electrons. The maximum absolute atomic E-state index is 12.7. The number of rotatable bonds is 6. The van der Waals surface area contributed by atoms with E-state index in [2.05, 4.69) is 23.8 Å². The van der Waals surface area contributed by atoms with Crippen LogP contribution >= 0.6 is 0 Å². The standard InChI is InChI=1S/C20H20N2O4/c1-3-9-26-18-14(5-4-6-15(18)25-2)11-21-22-19(23)16-12-7-8-13(10-12)17(16)20(22)24/h3-8,11-13,16-17H,1,9-10H2,2H3/t12-,13-,16-,17+/m0/s1. The Morgan fingerprint density at radius 2 is 1.92 bits per heavy atom. The van der Waals surface area contributed by atoms with E-state index in [-0.39, 0.29) is 35.5 Å². The van der Waals surface area contributed by atoms with Crippen molar-refractivity contribution in [3.63, 3.8) is 0 Å². The highest BCUT2D eigenvalue weighted by atomic mass is 16.5. The van der Waals surface area contributed by atoms with E-state index in [1.54, 1.807) is 31.4 Å². The second-order valence-corrected chi connectivity index (χ2v) is 6.71. The number of para-hydroxylation sites is 1. The van der Waals surface area contributed by atoms with Crippen molar-refractivity contribution >= 4 is 18.0 Å². The summed E-state index contributed by atoms with van der Waals surface area (Å²) < 4.78 is 11.0. The van der Waals surface area contributed by atoms with Gasteiger partial charge in [0.15, 0.2) is 11.5 Å². The molecule has 2 fully saturated rings. The number of carbonyl (C=O) groups is 2. The Labute approximate surface area is 151 Å². The van der Waals surface area contributed by atoms with Gasteiger partial charge in [-0.05, 0) is 30.4 Å². The Morgan fingerprint density at radius 3 is 2.54 bits per heavy atom. The maximum Gasteiger partial charge on any atom is 0.254 e. The van der Waals surface area contributed by atoms with Crippen molar-refractivity contribution < 1.29 is 19.1 Å². The van der Waals surface area contributed by atoms with Gasteiger partial charge < -0.3 is 9.47 Å². The van der Waals surface area contributed by atoms with Crippen molar-refractivity contribution in [2.24, 2.45) is 28.8 Å². The fourth-order valence-electron chi connectivity index (χ4n) is 4.21. The molecule has 2 aliphatic carbocycles. The van der Waals surface area contributed by atoms with Crippen molar-refractivity contribution in [3.8, 4) is 11.5 Å². The number of allylic oxidation sites excluding steroid dienone is 2. The van der Waals surface area contributed by atoms with E-state index in [0.717, 1.165) is 11.4 Å². The van der Waals surface area contributed by atoms with E-state index >= 15 is 0 Å². The number of amides is 2. The minimum Gasteiger partial charge on any atom is -0.493 e. The number of carbonyl (C=O) groups excluding carboxylic acids is 2. The highest BCUT2D eigenvalue weighted by Crippen LogP contribution is 2.52. The quantitative estimate of drug-likeness (QED) is 0.448. The van der Waals surface area contributed by atoms with E-state index in [1.165, 1.54) is 6.21 Å². The molecule has 2 bridgehead atoms. The highest BCUT2D eigenvalue weighted by molar-refractivity contribution is 6.07. The van der Waals surface area contributed by atoms with E-state index in [1.807, 2.05) is 0 Å². The van der Waals surface area contributed by atoms with Crippen molar-refractivity contribution in [1.82, 2.24) is 5.01 Å². The molecular weight excluding hydrogens is 332 g/mol. The number of hydrogen-bond donors (Lipinski definition) is 0. The van der Waals surface area contributed by atoms with Crippen molar-refractivity contribution in [2.45, 2.75) is 6.42 Å². The Morgan fingerprint density at radius 1 is 1.23 bits per heavy atom. The zero-order valence-corrected chi connectivity index (χ0v) is 14.5. The normalized spacial score (nSPS) is 28.9. The van der Waals surface area contributed by atoms with Gasteiger partial charge >= 0.3 is 0 Å². The van der Waals surface area contributed by atoms with Gasteiger partial charge in [0.1, 0.15) is 6.61 Å². The maximum atomic E-state index is 12.7. The average molecular weight is 352 g/mol. The number of nitrogens with zero attached hydrogens (tertiary/aromatic N) is 2. The first kappa shape index (κ1) is 16.6. The minimum absolute atomic E-state index is 0.171. The molecule has 26 heavy (non-hydrogen) atoms. The fraction of sp³-hybridized carbons (Fsp3) is 0.350. The molecule has 1 aromatic carbocycles. The first-order chi connectivity index (χ1) is 12.7. The lowest BCUT2D eigenvalue weighted by molar-refractivity contribution is -0.140. The average Bonchev–Trinajstić information content (AvgIpc) is 3.33. The highest BCUT2D eigenvalue weighted by Gasteiger charge is 2.59.